The molecule has 0 bridgehead atoms. The third-order valence-corrected chi connectivity index (χ3v) is 3.42. The van der Waals surface area contributed by atoms with Crippen molar-refractivity contribution in [3.63, 3.8) is 0 Å². The van der Waals surface area contributed by atoms with Crippen molar-refractivity contribution in [2.45, 2.75) is 19.6 Å². The van der Waals surface area contributed by atoms with E-state index in [1.54, 1.807) is 35.1 Å². The van der Waals surface area contributed by atoms with Crippen LogP contribution in [0.4, 0.5) is 4.79 Å². The number of benzene rings is 1. The van der Waals surface area contributed by atoms with E-state index in [0.717, 1.165) is 7.11 Å². The van der Waals surface area contributed by atoms with Gasteiger partial charge in [0.1, 0.15) is 12.6 Å². The van der Waals surface area contributed by atoms with Gasteiger partial charge in [-0.15, -0.1) is 0 Å². The summed E-state index contributed by atoms with van der Waals surface area (Å²) in [6, 6.07) is 7.62. The first-order valence-electron chi connectivity index (χ1n) is 5.92. The summed E-state index contributed by atoms with van der Waals surface area (Å²) in [5.74, 6) is -0.780. The van der Waals surface area contributed by atoms with Crippen LogP contribution in [0.3, 0.4) is 0 Å². The molecule has 0 saturated heterocycles. The minimum atomic E-state index is -4.21. The maximum atomic E-state index is 11.6. The van der Waals surface area contributed by atoms with Crippen LogP contribution in [-0.2, 0) is 31.1 Å². The number of hydrogen-bond acceptors (Lipinski definition) is 6. The fourth-order valence-electron chi connectivity index (χ4n) is 1.35. The summed E-state index contributed by atoms with van der Waals surface area (Å²) >= 11 is 0. The van der Waals surface area contributed by atoms with Crippen LogP contribution in [0.25, 0.3) is 0 Å². The second-order valence-electron chi connectivity index (χ2n) is 4.03. The summed E-state index contributed by atoms with van der Waals surface area (Å²) in [5.41, 5.74) is 0.709. The third kappa shape index (κ3) is 6.23. The number of hydrogen-bond donors (Lipinski definition) is 2. The van der Waals surface area contributed by atoms with Gasteiger partial charge < -0.3 is 9.47 Å². The Balaban J connectivity index is 2.47. The van der Waals surface area contributed by atoms with E-state index in [9.17, 15) is 18.0 Å². The Morgan fingerprint density at radius 1 is 1.24 bits per heavy atom. The fraction of sp³-hybridized carbons (Fsp3) is 0.333. The molecule has 1 amide bonds. The van der Waals surface area contributed by atoms with Gasteiger partial charge in [-0.25, -0.2) is 9.52 Å². The molecule has 1 rings (SSSR count). The molecule has 9 heteroatoms. The molecule has 0 aliphatic carbocycles. The van der Waals surface area contributed by atoms with Crippen molar-refractivity contribution in [2.24, 2.45) is 0 Å². The average Bonchev–Trinajstić information content (AvgIpc) is 2.44. The van der Waals surface area contributed by atoms with Gasteiger partial charge in [-0.3, -0.25) is 4.79 Å². The second kappa shape index (κ2) is 7.60. The molecule has 2 N–H and O–H groups in total. The number of rotatable bonds is 6. The van der Waals surface area contributed by atoms with Crippen LogP contribution in [0.2, 0.25) is 0 Å². The van der Waals surface area contributed by atoms with Crippen molar-refractivity contribution in [1.29, 1.82) is 0 Å². The smallest absolute Gasteiger partial charge is 0.422 e. The molecule has 0 aliphatic rings. The molecular weight excluding hydrogens is 300 g/mol. The lowest BCUT2D eigenvalue weighted by molar-refractivity contribution is -0.142. The van der Waals surface area contributed by atoms with Crippen LogP contribution < -0.4 is 9.44 Å². The van der Waals surface area contributed by atoms with Gasteiger partial charge >= 0.3 is 22.3 Å². The molecule has 0 radical (unpaired) electrons. The predicted molar refractivity (Wildman–Crippen MR) is 73.3 cm³/mol. The van der Waals surface area contributed by atoms with Gasteiger partial charge in [0.25, 0.3) is 0 Å². The Morgan fingerprint density at radius 3 is 2.43 bits per heavy atom. The van der Waals surface area contributed by atoms with E-state index in [4.69, 9.17) is 4.74 Å². The van der Waals surface area contributed by atoms with Crippen molar-refractivity contribution in [3.8, 4) is 0 Å². The summed E-state index contributed by atoms with van der Waals surface area (Å²) in [5, 5.41) is 0. The quantitative estimate of drug-likeness (QED) is 0.731. The second-order valence-corrected chi connectivity index (χ2v) is 5.48. The molecule has 0 fully saturated rings. The monoisotopic (exact) mass is 316 g/mol. The first-order valence-corrected chi connectivity index (χ1v) is 7.41. The molecule has 21 heavy (non-hydrogen) atoms. The molecule has 0 heterocycles. The predicted octanol–water partition coefficient (Wildman–Crippen LogP) is 0.309. The minimum Gasteiger partial charge on any atom is -0.468 e. The van der Waals surface area contributed by atoms with Gasteiger partial charge in [0, 0.05) is 0 Å². The maximum absolute atomic E-state index is 11.6. The Bertz CT molecular complexity index is 587. The number of carbonyl (C=O) groups excluding carboxylic acids is 2. The average molecular weight is 316 g/mol. The Hall–Kier alpha value is -2.13. The minimum absolute atomic E-state index is 0.0747. The van der Waals surface area contributed by atoms with E-state index < -0.39 is 28.3 Å². The lowest BCUT2D eigenvalue weighted by atomic mass is 10.2. The zero-order valence-corrected chi connectivity index (χ0v) is 12.3. The van der Waals surface area contributed by atoms with Gasteiger partial charge in [-0.05, 0) is 12.5 Å². The molecule has 116 valence electrons. The highest BCUT2D eigenvalue weighted by Crippen LogP contribution is 2.00. The molecule has 0 spiro atoms. The molecular formula is C12H16N2O6S. The maximum Gasteiger partial charge on any atom is 0.422 e. The number of esters is 1. The summed E-state index contributed by atoms with van der Waals surface area (Å²) in [7, 11) is -3.10. The van der Waals surface area contributed by atoms with Crippen molar-refractivity contribution < 1.29 is 27.5 Å². The molecule has 1 aromatic carbocycles. The van der Waals surface area contributed by atoms with Crippen LogP contribution in [-0.4, -0.2) is 33.6 Å². The highest BCUT2D eigenvalue weighted by atomic mass is 32.2. The van der Waals surface area contributed by atoms with Crippen LogP contribution in [0.15, 0.2) is 30.3 Å². The number of methoxy groups -OCH3 is 1. The van der Waals surface area contributed by atoms with Crippen LogP contribution in [0, 0.1) is 0 Å². The van der Waals surface area contributed by atoms with Gasteiger partial charge in [0.2, 0.25) is 0 Å². The summed E-state index contributed by atoms with van der Waals surface area (Å²) < 4.78 is 35.8. The van der Waals surface area contributed by atoms with Crippen LogP contribution in [0.5, 0.6) is 0 Å². The van der Waals surface area contributed by atoms with Crippen molar-refractivity contribution in [3.05, 3.63) is 35.9 Å². The van der Waals surface area contributed by atoms with Crippen molar-refractivity contribution in [2.75, 3.05) is 7.11 Å². The number of nitrogens with one attached hydrogen (secondary N) is 2. The molecule has 1 atom stereocenters. The Labute approximate surface area is 122 Å². The Morgan fingerprint density at radius 2 is 1.86 bits per heavy atom. The lowest BCUT2D eigenvalue weighted by Gasteiger charge is -2.12. The van der Waals surface area contributed by atoms with E-state index in [2.05, 4.69) is 4.74 Å². The van der Waals surface area contributed by atoms with Crippen LogP contribution >= 0.6 is 0 Å². The molecule has 0 aromatic heterocycles. The highest BCUT2D eigenvalue weighted by molar-refractivity contribution is 7.88. The summed E-state index contributed by atoms with van der Waals surface area (Å²) in [4.78, 5) is 22.5. The lowest BCUT2D eigenvalue weighted by Crippen LogP contribution is -2.47. The molecule has 0 saturated carbocycles. The van der Waals surface area contributed by atoms with Gasteiger partial charge in [-0.2, -0.15) is 13.1 Å². The first kappa shape index (κ1) is 16.9. The van der Waals surface area contributed by atoms with E-state index in [1.807, 2.05) is 4.72 Å². The van der Waals surface area contributed by atoms with Crippen molar-refractivity contribution >= 4 is 22.3 Å². The standard InChI is InChI=1S/C12H16N2O6S/c1-9(11(15)19-2)13-21(17,18)14-12(16)20-8-10-6-4-3-5-7-10/h3-7,9,13H,8H2,1-2H3,(H,14,16). The van der Waals surface area contributed by atoms with E-state index >= 15 is 0 Å². The topological polar surface area (TPSA) is 111 Å². The third-order valence-electron chi connectivity index (χ3n) is 2.32. The molecule has 1 aromatic rings. The summed E-state index contributed by atoms with van der Waals surface area (Å²) in [6.07, 6.45) is -1.15. The first-order chi connectivity index (χ1) is 9.84. The van der Waals surface area contributed by atoms with Gasteiger partial charge in [-0.1, -0.05) is 30.3 Å². The zero-order chi connectivity index (χ0) is 15.9. The van der Waals surface area contributed by atoms with Crippen LogP contribution in [0.1, 0.15) is 12.5 Å². The number of ether oxygens (including phenoxy) is 2. The SMILES string of the molecule is COC(=O)C(C)NS(=O)(=O)NC(=O)OCc1ccccc1. The largest absolute Gasteiger partial charge is 0.468 e. The van der Waals surface area contributed by atoms with Crippen molar-refractivity contribution in [1.82, 2.24) is 9.44 Å². The van der Waals surface area contributed by atoms with Gasteiger partial charge in [0.15, 0.2) is 0 Å². The zero-order valence-electron chi connectivity index (χ0n) is 11.5. The fourth-order valence-corrected chi connectivity index (χ4v) is 2.25. The highest BCUT2D eigenvalue weighted by Gasteiger charge is 2.22. The molecule has 0 aliphatic heterocycles. The number of amides is 1. The van der Waals surface area contributed by atoms with E-state index in [-0.39, 0.29) is 6.61 Å². The summed E-state index contributed by atoms with van der Waals surface area (Å²) in [6.45, 7) is 1.20. The van der Waals surface area contributed by atoms with E-state index in [1.165, 1.54) is 6.92 Å². The number of carbonyl (C=O) groups is 2. The molecule has 1 unspecified atom stereocenters. The molecule has 8 nitrogen and oxygen atoms in total. The Kier molecular flexibility index (Phi) is 6.12. The van der Waals surface area contributed by atoms with E-state index in [0.29, 0.717) is 5.56 Å². The normalized spacial score (nSPS) is 12.3. The van der Waals surface area contributed by atoms with Gasteiger partial charge in [0.05, 0.1) is 7.11 Å².